The zero-order valence-electron chi connectivity index (χ0n) is 14.4. The van der Waals surface area contributed by atoms with E-state index < -0.39 is 0 Å². The number of rotatable bonds is 7. The first-order valence-corrected chi connectivity index (χ1v) is 8.61. The van der Waals surface area contributed by atoms with Gasteiger partial charge in [0, 0.05) is 17.0 Å². The smallest absolute Gasteiger partial charge is 0.313 e. The highest BCUT2D eigenvalue weighted by atomic mass is 35.5. The third-order valence-corrected chi connectivity index (χ3v) is 4.12. The zero-order valence-corrected chi connectivity index (χ0v) is 15.2. The highest BCUT2D eigenvalue weighted by Gasteiger charge is 2.12. The largest absolute Gasteiger partial charge is 0.489 e. The number of hydrogen-bond acceptors (Lipinski definition) is 4. The van der Waals surface area contributed by atoms with Crippen LogP contribution < -0.4 is 4.74 Å². The fraction of sp³-hybridized carbons (Fsp3) is 0.190. The van der Waals surface area contributed by atoms with Crippen LogP contribution in [0.3, 0.4) is 0 Å². The number of carbonyl (C=O) groups excluding carboxylic acids is 1. The number of esters is 1. The lowest BCUT2D eigenvalue weighted by atomic mass is 10.1. The average Bonchev–Trinajstić information content (AvgIpc) is 3.08. The minimum absolute atomic E-state index is 0.114. The van der Waals surface area contributed by atoms with Crippen LogP contribution in [-0.2, 0) is 29.0 Å². The molecule has 0 atom stereocenters. The van der Waals surface area contributed by atoms with Crippen molar-refractivity contribution in [1.29, 1.82) is 0 Å². The lowest BCUT2D eigenvalue weighted by molar-refractivity contribution is -0.140. The van der Waals surface area contributed by atoms with E-state index in [0.717, 1.165) is 22.6 Å². The summed E-state index contributed by atoms with van der Waals surface area (Å²) in [6, 6.07) is 19.1. The first-order chi connectivity index (χ1) is 12.6. The summed E-state index contributed by atoms with van der Waals surface area (Å²) >= 11 is 6.15. The topological polar surface area (TPSA) is 48.7 Å². The van der Waals surface area contributed by atoms with Crippen molar-refractivity contribution >= 4 is 17.6 Å². The minimum atomic E-state index is -0.333. The summed E-state index contributed by atoms with van der Waals surface area (Å²) in [6.07, 6.45) is 0.634. The molecule has 0 N–H and O–H groups in total. The van der Waals surface area contributed by atoms with Crippen LogP contribution in [0.4, 0.5) is 0 Å². The molecule has 5 heteroatoms. The van der Waals surface area contributed by atoms with Crippen molar-refractivity contribution in [3.8, 4) is 5.75 Å². The Morgan fingerprint density at radius 1 is 1.04 bits per heavy atom. The van der Waals surface area contributed by atoms with E-state index in [2.05, 4.69) is 4.74 Å². The molecule has 0 unspecified atom stereocenters. The predicted molar refractivity (Wildman–Crippen MR) is 99.5 cm³/mol. The molecule has 0 aliphatic carbocycles. The quantitative estimate of drug-likeness (QED) is 0.559. The number of benzene rings is 2. The summed E-state index contributed by atoms with van der Waals surface area (Å²) in [5.41, 5.74) is 2.01. The van der Waals surface area contributed by atoms with Gasteiger partial charge in [0.15, 0.2) is 0 Å². The normalized spacial score (nSPS) is 10.5. The standard InChI is InChI=1S/C21H19ClO4/c1-24-21(23)13-19-9-8-18(26-19)12-16-11-17(22)7-10-20(16)25-14-15-5-3-2-4-6-15/h2-11H,12-14H2,1H3. The molecule has 26 heavy (non-hydrogen) atoms. The molecule has 0 saturated carbocycles. The van der Waals surface area contributed by atoms with Crippen molar-refractivity contribution in [3.63, 3.8) is 0 Å². The fourth-order valence-electron chi connectivity index (χ4n) is 2.58. The maximum atomic E-state index is 11.3. The second-order valence-electron chi connectivity index (χ2n) is 5.82. The molecule has 3 aromatic rings. The monoisotopic (exact) mass is 370 g/mol. The Kier molecular flexibility index (Phi) is 5.97. The van der Waals surface area contributed by atoms with E-state index in [1.54, 1.807) is 12.1 Å². The average molecular weight is 371 g/mol. The van der Waals surface area contributed by atoms with Crippen LogP contribution in [0.5, 0.6) is 5.75 Å². The van der Waals surface area contributed by atoms with Gasteiger partial charge in [-0.3, -0.25) is 4.79 Å². The number of halogens is 1. The second kappa shape index (κ2) is 8.59. The van der Waals surface area contributed by atoms with Crippen molar-refractivity contribution < 1.29 is 18.7 Å². The minimum Gasteiger partial charge on any atom is -0.489 e. The molecule has 0 fully saturated rings. The van der Waals surface area contributed by atoms with Crippen LogP contribution in [0.2, 0.25) is 5.02 Å². The van der Waals surface area contributed by atoms with Crippen LogP contribution in [0.15, 0.2) is 65.1 Å². The van der Waals surface area contributed by atoms with Crippen LogP contribution >= 0.6 is 11.6 Å². The highest BCUT2D eigenvalue weighted by Crippen LogP contribution is 2.27. The van der Waals surface area contributed by atoms with E-state index in [-0.39, 0.29) is 12.4 Å². The third kappa shape index (κ3) is 4.90. The molecule has 0 aliphatic rings. The van der Waals surface area contributed by atoms with Gasteiger partial charge < -0.3 is 13.9 Å². The van der Waals surface area contributed by atoms with Crippen molar-refractivity contribution in [3.05, 3.63) is 88.3 Å². The summed E-state index contributed by atoms with van der Waals surface area (Å²) in [5, 5.41) is 0.633. The molecule has 4 nitrogen and oxygen atoms in total. The molecular formula is C21H19ClO4. The lowest BCUT2D eigenvalue weighted by Gasteiger charge is -2.11. The van der Waals surface area contributed by atoms with Gasteiger partial charge in [-0.2, -0.15) is 0 Å². The van der Waals surface area contributed by atoms with Crippen LogP contribution in [-0.4, -0.2) is 13.1 Å². The van der Waals surface area contributed by atoms with Gasteiger partial charge in [-0.25, -0.2) is 0 Å². The van der Waals surface area contributed by atoms with Gasteiger partial charge in [0.05, 0.1) is 7.11 Å². The molecule has 0 aliphatic heterocycles. The molecule has 3 rings (SSSR count). The maximum Gasteiger partial charge on any atom is 0.313 e. The molecule has 0 saturated heterocycles. The summed E-state index contributed by atoms with van der Waals surface area (Å²) in [5.74, 6) is 1.72. The Labute approximate surface area is 157 Å². The van der Waals surface area contributed by atoms with Gasteiger partial charge in [0.2, 0.25) is 0 Å². The van der Waals surface area contributed by atoms with Crippen molar-refractivity contribution in [2.24, 2.45) is 0 Å². The van der Waals surface area contributed by atoms with E-state index in [0.29, 0.717) is 23.8 Å². The van der Waals surface area contributed by atoms with E-state index in [1.165, 1.54) is 7.11 Å². The molecule has 0 amide bonds. The number of methoxy groups -OCH3 is 1. The Morgan fingerprint density at radius 3 is 2.58 bits per heavy atom. The van der Waals surface area contributed by atoms with Gasteiger partial charge in [-0.1, -0.05) is 41.9 Å². The maximum absolute atomic E-state index is 11.3. The Hall–Kier alpha value is -2.72. The van der Waals surface area contributed by atoms with Crippen molar-refractivity contribution in [2.75, 3.05) is 7.11 Å². The SMILES string of the molecule is COC(=O)Cc1ccc(Cc2cc(Cl)ccc2OCc2ccccc2)o1. The van der Waals surface area contributed by atoms with Crippen LogP contribution in [0.1, 0.15) is 22.6 Å². The summed E-state index contributed by atoms with van der Waals surface area (Å²) in [4.78, 5) is 11.3. The molecule has 0 bridgehead atoms. The Bertz CT molecular complexity index is 871. The lowest BCUT2D eigenvalue weighted by Crippen LogP contribution is -2.03. The molecule has 0 radical (unpaired) electrons. The molecule has 1 heterocycles. The highest BCUT2D eigenvalue weighted by molar-refractivity contribution is 6.30. The first-order valence-electron chi connectivity index (χ1n) is 8.23. The van der Waals surface area contributed by atoms with Crippen molar-refractivity contribution in [2.45, 2.75) is 19.4 Å². The van der Waals surface area contributed by atoms with Crippen molar-refractivity contribution in [1.82, 2.24) is 0 Å². The third-order valence-electron chi connectivity index (χ3n) is 3.89. The Morgan fingerprint density at radius 2 is 1.81 bits per heavy atom. The molecular weight excluding hydrogens is 352 g/mol. The summed E-state index contributed by atoms with van der Waals surface area (Å²) in [7, 11) is 1.36. The number of furan rings is 1. The zero-order chi connectivity index (χ0) is 18.4. The number of ether oxygens (including phenoxy) is 2. The fourth-order valence-corrected chi connectivity index (χ4v) is 2.77. The molecule has 0 spiro atoms. The van der Waals surface area contributed by atoms with Gasteiger partial charge in [-0.05, 0) is 35.9 Å². The first kappa shape index (κ1) is 18.1. The molecule has 2 aromatic carbocycles. The van der Waals surface area contributed by atoms with Gasteiger partial charge in [0.25, 0.3) is 0 Å². The van der Waals surface area contributed by atoms with Crippen LogP contribution in [0.25, 0.3) is 0 Å². The summed E-state index contributed by atoms with van der Waals surface area (Å²) in [6.45, 7) is 0.473. The van der Waals surface area contributed by atoms with E-state index in [4.69, 9.17) is 20.8 Å². The van der Waals surface area contributed by atoms with E-state index in [1.807, 2.05) is 48.5 Å². The Balaban J connectivity index is 1.72. The van der Waals surface area contributed by atoms with E-state index >= 15 is 0 Å². The van der Waals surface area contributed by atoms with E-state index in [9.17, 15) is 4.79 Å². The number of hydrogen-bond donors (Lipinski definition) is 0. The van der Waals surface area contributed by atoms with Gasteiger partial charge in [-0.15, -0.1) is 0 Å². The molecule has 1 aromatic heterocycles. The van der Waals surface area contributed by atoms with Gasteiger partial charge >= 0.3 is 5.97 Å². The molecule has 134 valence electrons. The van der Waals surface area contributed by atoms with Gasteiger partial charge in [0.1, 0.15) is 30.3 Å². The predicted octanol–water partition coefficient (Wildman–Crippen LogP) is 4.82. The van der Waals surface area contributed by atoms with Crippen LogP contribution in [0, 0.1) is 0 Å². The number of carbonyl (C=O) groups is 1. The second-order valence-corrected chi connectivity index (χ2v) is 6.26. The summed E-state index contributed by atoms with van der Waals surface area (Å²) < 4.78 is 16.3.